The zero-order valence-electron chi connectivity index (χ0n) is 22.4. The highest BCUT2D eigenvalue weighted by Gasteiger charge is 2.32. The zero-order chi connectivity index (χ0) is 27.7. The van der Waals surface area contributed by atoms with Crippen LogP contribution in [0.4, 0.5) is 4.39 Å². The maximum absolute atomic E-state index is 14.7. The van der Waals surface area contributed by atoms with E-state index in [1.54, 1.807) is 18.2 Å². The first-order chi connectivity index (χ1) is 18.2. The molecule has 0 fully saturated rings. The summed E-state index contributed by atoms with van der Waals surface area (Å²) in [7, 11) is 0. The Labute approximate surface area is 233 Å². The lowest BCUT2D eigenvalue weighted by Gasteiger charge is -2.32. The van der Waals surface area contributed by atoms with Crippen LogP contribution in [0, 0.1) is 5.82 Å². The standard InChI is InChI=1S/C31H36BrFN2O3/c1-5-22(4)34-31(37)28(17-23-11-7-6-8-12-23)35(19-25-13-9-10-14-27(25)33)30(36)20-38-29-16-15-24(21(2)3)18-26(29)32/h6-16,18,21-22,28H,5,17,19-20H2,1-4H3,(H,34,37). The molecule has 0 saturated carbocycles. The van der Waals surface area contributed by atoms with Crippen molar-refractivity contribution in [1.82, 2.24) is 10.2 Å². The van der Waals surface area contributed by atoms with Gasteiger partial charge in [0.1, 0.15) is 17.6 Å². The number of hydrogen-bond acceptors (Lipinski definition) is 3. The summed E-state index contributed by atoms with van der Waals surface area (Å²) in [5, 5.41) is 3.01. The molecule has 3 rings (SSSR count). The number of nitrogens with one attached hydrogen (secondary N) is 1. The summed E-state index contributed by atoms with van der Waals surface area (Å²) in [6.45, 7) is 7.74. The van der Waals surface area contributed by atoms with Crippen molar-refractivity contribution in [2.75, 3.05) is 6.61 Å². The predicted octanol–water partition coefficient (Wildman–Crippen LogP) is 6.65. The quantitative estimate of drug-likeness (QED) is 0.260. The number of nitrogens with zero attached hydrogens (tertiary/aromatic N) is 1. The molecule has 2 unspecified atom stereocenters. The zero-order valence-corrected chi connectivity index (χ0v) is 24.0. The molecule has 0 heterocycles. The molecule has 5 nitrogen and oxygen atoms in total. The van der Waals surface area contributed by atoms with Crippen LogP contribution in [0.15, 0.2) is 77.3 Å². The molecular weight excluding hydrogens is 547 g/mol. The van der Waals surface area contributed by atoms with Crippen molar-refractivity contribution in [2.24, 2.45) is 0 Å². The number of carbonyl (C=O) groups is 2. The summed E-state index contributed by atoms with van der Waals surface area (Å²) in [6.07, 6.45) is 1.03. The minimum absolute atomic E-state index is 0.0618. The van der Waals surface area contributed by atoms with E-state index in [2.05, 4.69) is 35.1 Å². The SMILES string of the molecule is CCC(C)NC(=O)C(Cc1ccccc1)N(Cc1ccccc1F)C(=O)COc1ccc(C(C)C)cc1Br. The highest BCUT2D eigenvalue weighted by molar-refractivity contribution is 9.10. The van der Waals surface area contributed by atoms with E-state index < -0.39 is 17.8 Å². The molecule has 0 radical (unpaired) electrons. The van der Waals surface area contributed by atoms with E-state index >= 15 is 0 Å². The van der Waals surface area contributed by atoms with E-state index in [4.69, 9.17) is 4.74 Å². The third-order valence-corrected chi connectivity index (χ3v) is 7.16. The van der Waals surface area contributed by atoms with Crippen LogP contribution in [0.5, 0.6) is 5.75 Å². The number of benzene rings is 3. The Hall–Kier alpha value is -3.19. The van der Waals surface area contributed by atoms with Gasteiger partial charge in [0.25, 0.3) is 5.91 Å². The van der Waals surface area contributed by atoms with Crippen molar-refractivity contribution in [1.29, 1.82) is 0 Å². The number of carbonyl (C=O) groups excluding carboxylic acids is 2. The van der Waals surface area contributed by atoms with Crippen LogP contribution in [0.3, 0.4) is 0 Å². The fourth-order valence-electron chi connectivity index (χ4n) is 4.02. The second-order valence-electron chi connectivity index (χ2n) is 9.77. The average Bonchev–Trinajstić information content (AvgIpc) is 2.91. The molecule has 1 N–H and O–H groups in total. The highest BCUT2D eigenvalue weighted by Crippen LogP contribution is 2.29. The Kier molecular flexibility index (Phi) is 10.9. The van der Waals surface area contributed by atoms with Crippen LogP contribution < -0.4 is 10.1 Å². The Morgan fingerprint density at radius 3 is 2.32 bits per heavy atom. The molecule has 3 aromatic rings. The van der Waals surface area contributed by atoms with Gasteiger partial charge in [0.15, 0.2) is 6.61 Å². The van der Waals surface area contributed by atoms with Crippen molar-refractivity contribution < 1.29 is 18.7 Å². The van der Waals surface area contributed by atoms with Gasteiger partial charge in [-0.25, -0.2) is 4.39 Å². The van der Waals surface area contributed by atoms with Gasteiger partial charge in [-0.2, -0.15) is 0 Å². The average molecular weight is 584 g/mol. The Bertz CT molecular complexity index is 1220. The summed E-state index contributed by atoms with van der Waals surface area (Å²) < 4.78 is 21.3. The smallest absolute Gasteiger partial charge is 0.261 e. The van der Waals surface area contributed by atoms with Crippen LogP contribution in [0.25, 0.3) is 0 Å². The molecule has 0 aliphatic carbocycles. The Morgan fingerprint density at radius 2 is 1.68 bits per heavy atom. The van der Waals surface area contributed by atoms with Gasteiger partial charge in [0.2, 0.25) is 5.91 Å². The summed E-state index contributed by atoms with van der Waals surface area (Å²) in [5.74, 6) is -0.249. The summed E-state index contributed by atoms with van der Waals surface area (Å²) >= 11 is 3.53. The third kappa shape index (κ3) is 8.15. The normalized spacial score (nSPS) is 12.6. The van der Waals surface area contributed by atoms with Crippen molar-refractivity contribution >= 4 is 27.7 Å². The van der Waals surface area contributed by atoms with Crippen molar-refractivity contribution in [2.45, 2.75) is 65.1 Å². The minimum atomic E-state index is -0.853. The van der Waals surface area contributed by atoms with Crippen LogP contribution >= 0.6 is 15.9 Å². The third-order valence-electron chi connectivity index (χ3n) is 6.54. The molecule has 2 atom stereocenters. The van der Waals surface area contributed by atoms with Gasteiger partial charge < -0.3 is 15.0 Å². The first kappa shape index (κ1) is 29.4. The largest absolute Gasteiger partial charge is 0.483 e. The van der Waals surface area contributed by atoms with Gasteiger partial charge in [0, 0.05) is 24.6 Å². The molecule has 0 aliphatic heterocycles. The van der Waals surface area contributed by atoms with Gasteiger partial charge in [-0.3, -0.25) is 9.59 Å². The summed E-state index contributed by atoms with van der Waals surface area (Å²) in [4.78, 5) is 28.6. The van der Waals surface area contributed by atoms with Crippen molar-refractivity contribution in [3.05, 3.63) is 99.8 Å². The van der Waals surface area contributed by atoms with E-state index in [9.17, 15) is 14.0 Å². The van der Waals surface area contributed by atoms with E-state index in [1.165, 1.54) is 11.0 Å². The number of amides is 2. The van der Waals surface area contributed by atoms with E-state index in [-0.39, 0.29) is 31.5 Å². The van der Waals surface area contributed by atoms with Crippen molar-refractivity contribution in [3.63, 3.8) is 0 Å². The molecule has 0 spiro atoms. The van der Waals surface area contributed by atoms with E-state index in [0.29, 0.717) is 17.2 Å². The molecule has 202 valence electrons. The van der Waals surface area contributed by atoms with Crippen LogP contribution in [-0.4, -0.2) is 35.4 Å². The Morgan fingerprint density at radius 1 is 1.00 bits per heavy atom. The topological polar surface area (TPSA) is 58.6 Å². The molecule has 0 aromatic heterocycles. The van der Waals surface area contributed by atoms with Gasteiger partial charge >= 0.3 is 0 Å². The van der Waals surface area contributed by atoms with Gasteiger partial charge in [0.05, 0.1) is 4.47 Å². The second-order valence-corrected chi connectivity index (χ2v) is 10.6. The monoisotopic (exact) mass is 582 g/mol. The number of ether oxygens (including phenoxy) is 1. The van der Waals surface area contributed by atoms with Crippen molar-refractivity contribution in [3.8, 4) is 5.75 Å². The molecule has 0 saturated heterocycles. The minimum Gasteiger partial charge on any atom is -0.483 e. The van der Waals surface area contributed by atoms with Crippen LogP contribution in [0.2, 0.25) is 0 Å². The molecular formula is C31H36BrFN2O3. The van der Waals surface area contributed by atoms with E-state index in [1.807, 2.05) is 62.4 Å². The molecule has 0 bridgehead atoms. The van der Waals surface area contributed by atoms with E-state index in [0.717, 1.165) is 22.0 Å². The molecule has 3 aromatic carbocycles. The lowest BCUT2D eigenvalue weighted by Crippen LogP contribution is -2.53. The molecule has 0 aliphatic rings. The maximum atomic E-state index is 14.7. The lowest BCUT2D eigenvalue weighted by molar-refractivity contribution is -0.143. The summed E-state index contributed by atoms with van der Waals surface area (Å²) in [5.41, 5.74) is 2.37. The first-order valence-corrected chi connectivity index (χ1v) is 13.8. The number of rotatable bonds is 12. The molecule has 38 heavy (non-hydrogen) atoms. The number of halogens is 2. The highest BCUT2D eigenvalue weighted by atomic mass is 79.9. The van der Waals surface area contributed by atoms with Crippen LogP contribution in [-0.2, 0) is 22.6 Å². The lowest BCUT2D eigenvalue weighted by atomic mass is 10.0. The predicted molar refractivity (Wildman–Crippen MR) is 153 cm³/mol. The maximum Gasteiger partial charge on any atom is 0.261 e. The summed E-state index contributed by atoms with van der Waals surface area (Å²) in [6, 6.07) is 20.7. The molecule has 2 amide bonds. The fraction of sp³-hybridized carbons (Fsp3) is 0.355. The molecule has 7 heteroatoms. The number of hydrogen-bond donors (Lipinski definition) is 1. The van der Waals surface area contributed by atoms with Gasteiger partial charge in [-0.15, -0.1) is 0 Å². The first-order valence-electron chi connectivity index (χ1n) is 13.0. The Balaban J connectivity index is 1.92. The fourth-order valence-corrected chi connectivity index (χ4v) is 4.53. The van der Waals surface area contributed by atoms with Gasteiger partial charge in [-0.05, 0) is 64.5 Å². The second kappa shape index (κ2) is 14.1. The van der Waals surface area contributed by atoms with Gasteiger partial charge in [-0.1, -0.05) is 75.4 Å². The van der Waals surface area contributed by atoms with Crippen LogP contribution in [0.1, 0.15) is 56.7 Å².